The molecule has 2 rings (SSSR count). The van der Waals surface area contributed by atoms with Crippen LogP contribution in [0.2, 0.25) is 0 Å². The lowest BCUT2D eigenvalue weighted by Crippen LogP contribution is -2.23. The molecule has 1 N–H and O–H groups in total. The van der Waals surface area contributed by atoms with E-state index in [0.29, 0.717) is 17.8 Å². The topological polar surface area (TPSA) is 55.6 Å². The van der Waals surface area contributed by atoms with E-state index in [2.05, 4.69) is 20.7 Å². The SMILES string of the molecule is CCNC(Cc1nnn(C)n1)c1ccc(F)c(C)c1. The summed E-state index contributed by atoms with van der Waals surface area (Å²) >= 11 is 0. The van der Waals surface area contributed by atoms with Crippen molar-refractivity contribution in [1.29, 1.82) is 0 Å². The molecule has 0 amide bonds. The van der Waals surface area contributed by atoms with E-state index in [1.807, 2.05) is 13.0 Å². The van der Waals surface area contributed by atoms with Gasteiger partial charge >= 0.3 is 0 Å². The number of benzene rings is 1. The molecule has 0 radical (unpaired) electrons. The minimum atomic E-state index is -0.184. The molecule has 19 heavy (non-hydrogen) atoms. The van der Waals surface area contributed by atoms with Gasteiger partial charge in [-0.3, -0.25) is 0 Å². The van der Waals surface area contributed by atoms with Gasteiger partial charge in [-0.2, -0.15) is 4.80 Å². The first-order chi connectivity index (χ1) is 9.10. The van der Waals surface area contributed by atoms with Crippen LogP contribution in [0, 0.1) is 12.7 Å². The summed E-state index contributed by atoms with van der Waals surface area (Å²) in [6.45, 7) is 4.62. The molecular formula is C13H18FN5. The van der Waals surface area contributed by atoms with Crippen molar-refractivity contribution < 1.29 is 4.39 Å². The summed E-state index contributed by atoms with van der Waals surface area (Å²) < 4.78 is 13.3. The lowest BCUT2D eigenvalue weighted by atomic mass is 10.0. The molecule has 5 nitrogen and oxygen atoms in total. The monoisotopic (exact) mass is 263 g/mol. The lowest BCUT2D eigenvalue weighted by molar-refractivity contribution is 0.532. The Morgan fingerprint density at radius 1 is 1.42 bits per heavy atom. The van der Waals surface area contributed by atoms with Crippen LogP contribution in [0.15, 0.2) is 18.2 Å². The van der Waals surface area contributed by atoms with Gasteiger partial charge in [0.25, 0.3) is 0 Å². The van der Waals surface area contributed by atoms with Crippen LogP contribution < -0.4 is 5.32 Å². The van der Waals surface area contributed by atoms with Gasteiger partial charge in [-0.15, -0.1) is 10.2 Å². The first kappa shape index (κ1) is 13.6. The van der Waals surface area contributed by atoms with Gasteiger partial charge in [-0.1, -0.05) is 19.1 Å². The van der Waals surface area contributed by atoms with Gasteiger partial charge < -0.3 is 5.32 Å². The maximum absolute atomic E-state index is 13.3. The summed E-state index contributed by atoms with van der Waals surface area (Å²) in [6.07, 6.45) is 0.632. The smallest absolute Gasteiger partial charge is 0.176 e. The molecule has 0 spiro atoms. The third kappa shape index (κ3) is 3.35. The van der Waals surface area contributed by atoms with Crippen molar-refractivity contribution in [1.82, 2.24) is 25.5 Å². The molecule has 1 heterocycles. The number of tetrazole rings is 1. The largest absolute Gasteiger partial charge is 0.310 e. The molecule has 0 saturated carbocycles. The Bertz CT molecular complexity index is 552. The van der Waals surface area contributed by atoms with Gasteiger partial charge in [0, 0.05) is 12.5 Å². The summed E-state index contributed by atoms with van der Waals surface area (Å²) in [4.78, 5) is 1.44. The van der Waals surface area contributed by atoms with Gasteiger partial charge in [0.1, 0.15) is 5.82 Å². The second-order valence-electron chi connectivity index (χ2n) is 4.52. The Morgan fingerprint density at radius 2 is 2.21 bits per heavy atom. The third-order valence-corrected chi connectivity index (χ3v) is 2.97. The fourth-order valence-corrected chi connectivity index (χ4v) is 2.03. The number of hydrogen-bond donors (Lipinski definition) is 1. The fourth-order valence-electron chi connectivity index (χ4n) is 2.03. The van der Waals surface area contributed by atoms with E-state index in [9.17, 15) is 4.39 Å². The van der Waals surface area contributed by atoms with Crippen LogP contribution in [-0.4, -0.2) is 26.8 Å². The highest BCUT2D eigenvalue weighted by atomic mass is 19.1. The van der Waals surface area contributed by atoms with Gasteiger partial charge in [0.15, 0.2) is 5.82 Å². The van der Waals surface area contributed by atoms with Crippen molar-refractivity contribution in [2.24, 2.45) is 7.05 Å². The zero-order valence-electron chi connectivity index (χ0n) is 11.4. The number of rotatable bonds is 5. The van der Waals surface area contributed by atoms with Gasteiger partial charge in [0.05, 0.1) is 7.05 Å². The average molecular weight is 263 g/mol. The predicted octanol–water partition coefficient (Wildman–Crippen LogP) is 1.55. The normalized spacial score (nSPS) is 12.6. The molecule has 0 fully saturated rings. The van der Waals surface area contributed by atoms with E-state index in [-0.39, 0.29) is 11.9 Å². The van der Waals surface area contributed by atoms with Gasteiger partial charge in [-0.25, -0.2) is 4.39 Å². The Hall–Kier alpha value is -1.82. The van der Waals surface area contributed by atoms with Crippen molar-refractivity contribution in [3.8, 4) is 0 Å². The minimum Gasteiger partial charge on any atom is -0.310 e. The van der Waals surface area contributed by atoms with Crippen LogP contribution in [0.3, 0.4) is 0 Å². The van der Waals surface area contributed by atoms with Crippen LogP contribution in [0.25, 0.3) is 0 Å². The Labute approximate surface area is 111 Å². The summed E-state index contributed by atoms with van der Waals surface area (Å²) in [6, 6.07) is 5.22. The van der Waals surface area contributed by atoms with Crippen LogP contribution in [0.4, 0.5) is 4.39 Å². The average Bonchev–Trinajstić information content (AvgIpc) is 2.78. The number of nitrogens with one attached hydrogen (secondary N) is 1. The Balaban J connectivity index is 2.21. The van der Waals surface area contributed by atoms with Crippen molar-refractivity contribution in [2.45, 2.75) is 26.3 Å². The van der Waals surface area contributed by atoms with Crippen molar-refractivity contribution >= 4 is 0 Å². The Kier molecular flexibility index (Phi) is 4.21. The first-order valence-corrected chi connectivity index (χ1v) is 6.32. The Morgan fingerprint density at radius 3 is 2.79 bits per heavy atom. The van der Waals surface area contributed by atoms with Crippen molar-refractivity contribution in [3.63, 3.8) is 0 Å². The number of halogens is 1. The minimum absolute atomic E-state index is 0.0634. The number of aromatic nitrogens is 4. The highest BCUT2D eigenvalue weighted by Crippen LogP contribution is 2.19. The maximum Gasteiger partial charge on any atom is 0.176 e. The van der Waals surface area contributed by atoms with Crippen LogP contribution >= 0.6 is 0 Å². The predicted molar refractivity (Wildman–Crippen MR) is 70.1 cm³/mol. The molecule has 102 valence electrons. The highest BCUT2D eigenvalue weighted by Gasteiger charge is 2.15. The molecule has 1 aromatic carbocycles. The lowest BCUT2D eigenvalue weighted by Gasteiger charge is -2.17. The molecule has 1 atom stereocenters. The number of nitrogens with zero attached hydrogens (tertiary/aromatic N) is 4. The summed E-state index contributed by atoms with van der Waals surface area (Å²) in [5, 5.41) is 15.4. The van der Waals surface area contributed by atoms with Crippen LogP contribution in [-0.2, 0) is 13.5 Å². The van der Waals surface area contributed by atoms with Gasteiger partial charge in [-0.05, 0) is 35.9 Å². The van der Waals surface area contributed by atoms with Crippen molar-refractivity contribution in [3.05, 3.63) is 41.0 Å². The van der Waals surface area contributed by atoms with E-state index >= 15 is 0 Å². The standard InChI is InChI=1S/C13H18FN5/c1-4-15-12(8-13-16-18-19(3)17-13)10-5-6-11(14)9(2)7-10/h5-7,12,15H,4,8H2,1-3H3. The number of aryl methyl sites for hydroxylation is 2. The molecule has 1 aromatic heterocycles. The molecule has 0 saturated heterocycles. The fraction of sp³-hybridized carbons (Fsp3) is 0.462. The third-order valence-electron chi connectivity index (χ3n) is 2.97. The molecule has 1 unspecified atom stereocenters. The van der Waals surface area contributed by atoms with E-state index in [1.54, 1.807) is 20.0 Å². The second-order valence-corrected chi connectivity index (χ2v) is 4.52. The van der Waals surface area contributed by atoms with E-state index in [0.717, 1.165) is 12.1 Å². The second kappa shape index (κ2) is 5.88. The molecule has 0 bridgehead atoms. The van der Waals surface area contributed by atoms with Crippen LogP contribution in [0.5, 0.6) is 0 Å². The van der Waals surface area contributed by atoms with E-state index in [1.165, 1.54) is 10.9 Å². The number of likely N-dealkylation sites (N-methyl/N-ethyl adjacent to an activating group) is 1. The molecule has 0 aliphatic rings. The molecule has 2 aromatic rings. The molecular weight excluding hydrogens is 245 g/mol. The summed E-state index contributed by atoms with van der Waals surface area (Å²) in [5.41, 5.74) is 1.68. The molecule has 0 aliphatic heterocycles. The zero-order valence-corrected chi connectivity index (χ0v) is 11.4. The maximum atomic E-state index is 13.3. The zero-order chi connectivity index (χ0) is 13.8. The summed E-state index contributed by atoms with van der Waals surface area (Å²) in [5.74, 6) is 0.493. The summed E-state index contributed by atoms with van der Waals surface area (Å²) in [7, 11) is 1.74. The van der Waals surface area contributed by atoms with E-state index in [4.69, 9.17) is 0 Å². The van der Waals surface area contributed by atoms with Crippen molar-refractivity contribution in [2.75, 3.05) is 6.54 Å². The quantitative estimate of drug-likeness (QED) is 0.889. The van der Waals surface area contributed by atoms with Crippen LogP contribution in [0.1, 0.15) is 29.9 Å². The highest BCUT2D eigenvalue weighted by molar-refractivity contribution is 5.27. The van der Waals surface area contributed by atoms with E-state index < -0.39 is 0 Å². The number of hydrogen-bond acceptors (Lipinski definition) is 4. The van der Waals surface area contributed by atoms with Gasteiger partial charge in [0.2, 0.25) is 0 Å². The molecule has 0 aliphatic carbocycles. The molecule has 6 heteroatoms. The first-order valence-electron chi connectivity index (χ1n) is 6.32.